The third-order valence-corrected chi connectivity index (χ3v) is 3.99. The number of hydrogen-bond donors (Lipinski definition) is 0. The molecule has 2 aromatic carbocycles. The summed E-state index contributed by atoms with van der Waals surface area (Å²) in [5.41, 5.74) is 0.366. The lowest BCUT2D eigenvalue weighted by Crippen LogP contribution is -2.11. The molecule has 20 heavy (non-hydrogen) atoms. The molecule has 2 nitrogen and oxygen atoms in total. The maximum atomic E-state index is 12.8. The van der Waals surface area contributed by atoms with Crippen LogP contribution in [0.15, 0.2) is 40.9 Å². The average molecular weight is 378 g/mol. The van der Waals surface area contributed by atoms with E-state index in [0.29, 0.717) is 25.8 Å². The van der Waals surface area contributed by atoms with Gasteiger partial charge in [-0.1, -0.05) is 23.2 Å². The fourth-order valence-electron chi connectivity index (χ4n) is 1.48. The van der Waals surface area contributed by atoms with Gasteiger partial charge in [-0.3, -0.25) is 4.79 Å². The topological polar surface area (TPSA) is 26.3 Å². The fraction of sp³-hybridized carbons (Fsp3) is 0.0714. The first-order chi connectivity index (χ1) is 9.47. The van der Waals surface area contributed by atoms with Crippen molar-refractivity contribution in [2.45, 2.75) is 0 Å². The second kappa shape index (κ2) is 6.57. The van der Waals surface area contributed by atoms with Crippen LogP contribution >= 0.6 is 39.1 Å². The Bertz CT molecular complexity index is 644. The Morgan fingerprint density at radius 3 is 2.45 bits per heavy atom. The molecular formula is C14H8BrCl2FO2. The molecule has 2 aromatic rings. The van der Waals surface area contributed by atoms with Gasteiger partial charge in [-0.15, -0.1) is 0 Å². The van der Waals surface area contributed by atoms with E-state index >= 15 is 0 Å². The molecule has 0 saturated heterocycles. The minimum atomic E-state index is -0.398. The minimum Gasteiger partial charge on any atom is -0.484 e. The number of carbonyl (C=O) groups excluding carboxylic acids is 1. The van der Waals surface area contributed by atoms with Gasteiger partial charge in [-0.05, 0) is 46.3 Å². The van der Waals surface area contributed by atoms with Crippen molar-refractivity contribution < 1.29 is 13.9 Å². The monoisotopic (exact) mass is 376 g/mol. The van der Waals surface area contributed by atoms with E-state index in [4.69, 9.17) is 27.9 Å². The van der Waals surface area contributed by atoms with Gasteiger partial charge in [0.1, 0.15) is 11.6 Å². The highest BCUT2D eigenvalue weighted by Crippen LogP contribution is 2.34. The van der Waals surface area contributed by atoms with Gasteiger partial charge in [0.05, 0.1) is 10.0 Å². The third-order valence-electron chi connectivity index (χ3n) is 2.50. The van der Waals surface area contributed by atoms with Crippen molar-refractivity contribution in [3.05, 3.63) is 62.3 Å². The standard InChI is InChI=1S/C14H8BrCl2FO2/c15-10-5-12(17)14(6-11(10)16)20-7-13(19)8-1-3-9(18)4-2-8/h1-6H,7H2. The number of carbonyl (C=O) groups is 1. The fourth-order valence-corrected chi connectivity index (χ4v) is 2.32. The molecule has 0 atom stereocenters. The quantitative estimate of drug-likeness (QED) is 0.543. The van der Waals surface area contributed by atoms with E-state index < -0.39 is 5.82 Å². The minimum absolute atomic E-state index is 0.205. The van der Waals surface area contributed by atoms with Crippen molar-refractivity contribution in [3.8, 4) is 5.75 Å². The van der Waals surface area contributed by atoms with Gasteiger partial charge in [0.2, 0.25) is 0 Å². The Morgan fingerprint density at radius 2 is 1.80 bits per heavy atom. The molecule has 0 aromatic heterocycles. The van der Waals surface area contributed by atoms with Crippen molar-refractivity contribution in [2.75, 3.05) is 6.61 Å². The molecule has 6 heteroatoms. The summed E-state index contributed by atoms with van der Waals surface area (Å²) in [6.45, 7) is -0.205. The van der Waals surface area contributed by atoms with E-state index in [9.17, 15) is 9.18 Å². The van der Waals surface area contributed by atoms with Crippen molar-refractivity contribution in [2.24, 2.45) is 0 Å². The molecule has 0 saturated carbocycles. The summed E-state index contributed by atoms with van der Waals surface area (Å²) in [5.74, 6) is -0.361. The van der Waals surface area contributed by atoms with Crippen LogP contribution in [-0.4, -0.2) is 12.4 Å². The van der Waals surface area contributed by atoms with Crippen LogP contribution in [0.5, 0.6) is 5.75 Å². The molecule has 0 aliphatic carbocycles. The second-order valence-electron chi connectivity index (χ2n) is 3.92. The maximum absolute atomic E-state index is 12.8. The largest absolute Gasteiger partial charge is 0.484 e. The molecule has 0 amide bonds. The lowest BCUT2D eigenvalue weighted by Gasteiger charge is -2.09. The van der Waals surface area contributed by atoms with Crippen LogP contribution in [0.2, 0.25) is 10.0 Å². The molecule has 0 aliphatic heterocycles. The van der Waals surface area contributed by atoms with Gasteiger partial charge in [-0.25, -0.2) is 4.39 Å². The van der Waals surface area contributed by atoms with E-state index in [-0.39, 0.29) is 12.4 Å². The van der Waals surface area contributed by atoms with Crippen LogP contribution in [0.3, 0.4) is 0 Å². The molecule has 104 valence electrons. The Labute approximate surface area is 133 Å². The molecule has 0 radical (unpaired) electrons. The number of hydrogen-bond acceptors (Lipinski definition) is 2. The Hall–Kier alpha value is -1.10. The third kappa shape index (κ3) is 3.72. The maximum Gasteiger partial charge on any atom is 0.200 e. The summed E-state index contributed by atoms with van der Waals surface area (Å²) in [6, 6.07) is 8.34. The first-order valence-corrected chi connectivity index (χ1v) is 7.08. The van der Waals surface area contributed by atoms with Gasteiger partial charge in [0.15, 0.2) is 12.4 Å². The summed E-state index contributed by atoms with van der Waals surface area (Å²) in [7, 11) is 0. The smallest absolute Gasteiger partial charge is 0.200 e. The van der Waals surface area contributed by atoms with Crippen LogP contribution in [0.1, 0.15) is 10.4 Å². The summed E-state index contributed by atoms with van der Waals surface area (Å²) < 4.78 is 18.7. The van der Waals surface area contributed by atoms with Gasteiger partial charge in [-0.2, -0.15) is 0 Å². The molecule has 0 bridgehead atoms. The Balaban J connectivity index is 2.07. The highest BCUT2D eigenvalue weighted by Gasteiger charge is 2.11. The predicted octanol–water partition coefficient (Wildman–Crippen LogP) is 5.16. The van der Waals surface area contributed by atoms with E-state index in [1.54, 1.807) is 6.07 Å². The molecular weight excluding hydrogens is 370 g/mol. The Kier molecular flexibility index (Phi) is 5.02. The highest BCUT2D eigenvalue weighted by atomic mass is 79.9. The van der Waals surface area contributed by atoms with Crippen LogP contribution in [0.4, 0.5) is 4.39 Å². The summed E-state index contributed by atoms with van der Waals surface area (Å²) in [5, 5.41) is 0.770. The molecule has 0 fully saturated rings. The number of ketones is 1. The SMILES string of the molecule is O=C(COc1cc(Cl)c(Br)cc1Cl)c1ccc(F)cc1. The second-order valence-corrected chi connectivity index (χ2v) is 5.58. The Morgan fingerprint density at radius 1 is 1.15 bits per heavy atom. The van der Waals surface area contributed by atoms with E-state index in [0.717, 1.165) is 0 Å². The lowest BCUT2D eigenvalue weighted by molar-refractivity contribution is 0.0921. The zero-order valence-corrected chi connectivity index (χ0v) is 13.1. The number of rotatable bonds is 4. The molecule has 0 aliphatic rings. The van der Waals surface area contributed by atoms with Crippen molar-refractivity contribution in [1.82, 2.24) is 0 Å². The number of halogens is 4. The first kappa shape index (κ1) is 15.3. The normalized spacial score (nSPS) is 10.4. The summed E-state index contributed by atoms with van der Waals surface area (Å²) in [4.78, 5) is 11.9. The average Bonchev–Trinajstić information content (AvgIpc) is 2.42. The van der Waals surface area contributed by atoms with Gasteiger partial charge < -0.3 is 4.74 Å². The van der Waals surface area contributed by atoms with Crippen LogP contribution < -0.4 is 4.74 Å². The number of benzene rings is 2. The van der Waals surface area contributed by atoms with E-state index in [1.807, 2.05) is 0 Å². The van der Waals surface area contributed by atoms with Crippen LogP contribution in [-0.2, 0) is 0 Å². The van der Waals surface area contributed by atoms with Gasteiger partial charge in [0, 0.05) is 16.1 Å². The zero-order valence-electron chi connectivity index (χ0n) is 10.00. The molecule has 0 unspecified atom stereocenters. The highest BCUT2D eigenvalue weighted by molar-refractivity contribution is 9.10. The van der Waals surface area contributed by atoms with Crippen molar-refractivity contribution in [1.29, 1.82) is 0 Å². The van der Waals surface area contributed by atoms with Gasteiger partial charge >= 0.3 is 0 Å². The molecule has 0 N–H and O–H groups in total. The van der Waals surface area contributed by atoms with Crippen LogP contribution in [0, 0.1) is 5.82 Å². The number of Topliss-reactive ketones (excluding diaryl/α,β-unsaturated/α-hetero) is 1. The number of ether oxygens (including phenoxy) is 1. The van der Waals surface area contributed by atoms with E-state index in [2.05, 4.69) is 15.9 Å². The lowest BCUT2D eigenvalue weighted by atomic mass is 10.1. The summed E-state index contributed by atoms with van der Waals surface area (Å²) >= 11 is 15.1. The molecule has 0 heterocycles. The van der Waals surface area contributed by atoms with Crippen molar-refractivity contribution >= 4 is 44.9 Å². The zero-order chi connectivity index (χ0) is 14.7. The van der Waals surface area contributed by atoms with Crippen molar-refractivity contribution in [3.63, 3.8) is 0 Å². The summed E-state index contributed by atoms with van der Waals surface area (Å²) in [6.07, 6.45) is 0. The first-order valence-electron chi connectivity index (χ1n) is 5.53. The predicted molar refractivity (Wildman–Crippen MR) is 80.4 cm³/mol. The molecule has 0 spiro atoms. The van der Waals surface area contributed by atoms with E-state index in [1.165, 1.54) is 30.3 Å². The van der Waals surface area contributed by atoms with Gasteiger partial charge in [0.25, 0.3) is 0 Å². The van der Waals surface area contributed by atoms with Crippen LogP contribution in [0.25, 0.3) is 0 Å². The molecule has 2 rings (SSSR count).